The summed E-state index contributed by atoms with van der Waals surface area (Å²) in [5.41, 5.74) is 9.53. The SMILES string of the molecule is [C-]#[N+]CC1(n2cc(-c3nc(-c4cnn(C)c4)cn4nccc34)c(N)n2)CC(C#N)C1. The van der Waals surface area contributed by atoms with Gasteiger partial charge in [0.05, 0.1) is 47.4 Å². The van der Waals surface area contributed by atoms with Crippen LogP contribution in [0.1, 0.15) is 12.8 Å². The predicted octanol–water partition coefficient (Wildman–Crippen LogP) is 2.12. The lowest BCUT2D eigenvalue weighted by molar-refractivity contribution is 0.102. The third kappa shape index (κ3) is 2.62. The highest BCUT2D eigenvalue weighted by Gasteiger charge is 2.50. The van der Waals surface area contributed by atoms with Gasteiger partial charge in [0.1, 0.15) is 11.2 Å². The fraction of sp³-hybridized carbons (Fsp3) is 0.300. The van der Waals surface area contributed by atoms with E-state index in [0.717, 1.165) is 11.1 Å². The van der Waals surface area contributed by atoms with Crippen molar-refractivity contribution in [1.29, 1.82) is 5.26 Å². The third-order valence-corrected chi connectivity index (χ3v) is 5.68. The fourth-order valence-corrected chi connectivity index (χ4v) is 4.12. The maximum absolute atomic E-state index is 9.20. The zero-order valence-electron chi connectivity index (χ0n) is 16.3. The molecule has 1 saturated carbocycles. The molecule has 0 unspecified atom stereocenters. The summed E-state index contributed by atoms with van der Waals surface area (Å²) in [6.45, 7) is 7.60. The second-order valence-electron chi connectivity index (χ2n) is 7.69. The Labute approximate surface area is 172 Å². The largest absolute Gasteiger partial charge is 0.382 e. The highest BCUT2D eigenvalue weighted by Crippen LogP contribution is 2.45. The van der Waals surface area contributed by atoms with Gasteiger partial charge in [0.25, 0.3) is 0 Å². The van der Waals surface area contributed by atoms with Crippen LogP contribution in [-0.2, 0) is 12.6 Å². The van der Waals surface area contributed by atoms with Gasteiger partial charge in [0.2, 0.25) is 6.54 Å². The molecule has 0 aliphatic heterocycles. The first-order chi connectivity index (χ1) is 14.5. The van der Waals surface area contributed by atoms with E-state index in [0.29, 0.717) is 35.6 Å². The number of nitrogens with two attached hydrogens (primary N) is 1. The lowest BCUT2D eigenvalue weighted by Gasteiger charge is -2.40. The molecule has 0 atom stereocenters. The minimum absolute atomic E-state index is 0.0609. The van der Waals surface area contributed by atoms with Crippen molar-refractivity contribution in [2.24, 2.45) is 13.0 Å². The van der Waals surface area contributed by atoms with Gasteiger partial charge >= 0.3 is 0 Å². The molecule has 0 radical (unpaired) electrons. The number of nitrogen functional groups attached to an aromatic ring is 1. The lowest BCUT2D eigenvalue weighted by Crippen LogP contribution is -2.48. The zero-order chi connectivity index (χ0) is 20.9. The van der Waals surface area contributed by atoms with Gasteiger partial charge in [0.15, 0.2) is 5.82 Å². The molecule has 0 saturated heterocycles. The summed E-state index contributed by atoms with van der Waals surface area (Å²) in [4.78, 5) is 8.43. The molecule has 1 aliphatic rings. The number of aromatic nitrogens is 7. The molecular weight excluding hydrogens is 380 g/mol. The number of hydrogen-bond acceptors (Lipinski definition) is 6. The Hall–Kier alpha value is -4.18. The van der Waals surface area contributed by atoms with E-state index in [2.05, 4.69) is 26.2 Å². The Balaban J connectivity index is 1.64. The molecule has 0 bridgehead atoms. The minimum Gasteiger partial charge on any atom is -0.382 e. The highest BCUT2D eigenvalue weighted by molar-refractivity contribution is 5.83. The summed E-state index contributed by atoms with van der Waals surface area (Å²) < 4.78 is 5.23. The molecule has 0 amide bonds. The predicted molar refractivity (Wildman–Crippen MR) is 109 cm³/mol. The summed E-state index contributed by atoms with van der Waals surface area (Å²) >= 11 is 0. The molecule has 4 aromatic heterocycles. The van der Waals surface area contributed by atoms with Crippen LogP contribution in [0.5, 0.6) is 0 Å². The fourth-order valence-electron chi connectivity index (χ4n) is 4.12. The number of nitriles is 1. The van der Waals surface area contributed by atoms with Gasteiger partial charge in [-0.2, -0.15) is 20.6 Å². The molecule has 10 heteroatoms. The number of anilines is 1. The zero-order valence-corrected chi connectivity index (χ0v) is 16.3. The monoisotopic (exact) mass is 398 g/mol. The van der Waals surface area contributed by atoms with E-state index in [1.807, 2.05) is 31.7 Å². The van der Waals surface area contributed by atoms with Crippen LogP contribution in [0.4, 0.5) is 5.82 Å². The first-order valence-electron chi connectivity index (χ1n) is 9.45. The molecule has 30 heavy (non-hydrogen) atoms. The van der Waals surface area contributed by atoms with E-state index in [1.54, 1.807) is 26.3 Å². The average molecular weight is 398 g/mol. The third-order valence-electron chi connectivity index (χ3n) is 5.68. The second kappa shape index (κ2) is 6.42. The smallest absolute Gasteiger partial charge is 0.239 e. The van der Waals surface area contributed by atoms with E-state index in [9.17, 15) is 5.26 Å². The van der Waals surface area contributed by atoms with Gasteiger partial charge in [-0.15, -0.1) is 0 Å². The van der Waals surface area contributed by atoms with Gasteiger partial charge in [-0.05, 0) is 18.9 Å². The van der Waals surface area contributed by atoms with Crippen LogP contribution in [0.2, 0.25) is 0 Å². The Morgan fingerprint density at radius 1 is 1.33 bits per heavy atom. The van der Waals surface area contributed by atoms with E-state index >= 15 is 0 Å². The molecule has 1 fully saturated rings. The summed E-state index contributed by atoms with van der Waals surface area (Å²) in [6, 6.07) is 4.15. The van der Waals surface area contributed by atoms with E-state index in [1.165, 1.54) is 0 Å². The van der Waals surface area contributed by atoms with Crippen molar-refractivity contribution in [2.75, 3.05) is 12.3 Å². The summed E-state index contributed by atoms with van der Waals surface area (Å²) in [5.74, 6) is 0.271. The van der Waals surface area contributed by atoms with Crippen molar-refractivity contribution in [3.8, 4) is 28.6 Å². The second-order valence-corrected chi connectivity index (χ2v) is 7.69. The molecule has 4 aromatic rings. The van der Waals surface area contributed by atoms with Crippen molar-refractivity contribution < 1.29 is 0 Å². The molecule has 4 heterocycles. The molecule has 148 valence electrons. The van der Waals surface area contributed by atoms with Crippen LogP contribution in [0.3, 0.4) is 0 Å². The summed E-state index contributed by atoms with van der Waals surface area (Å²) in [5, 5.41) is 22.3. The molecule has 0 spiro atoms. The number of fused-ring (bicyclic) bond motifs is 1. The van der Waals surface area contributed by atoms with Gasteiger partial charge in [0, 0.05) is 25.0 Å². The van der Waals surface area contributed by atoms with Crippen molar-refractivity contribution in [3.63, 3.8) is 0 Å². The average Bonchev–Trinajstić information content (AvgIpc) is 3.43. The Morgan fingerprint density at radius 2 is 2.17 bits per heavy atom. The van der Waals surface area contributed by atoms with E-state index < -0.39 is 5.54 Å². The van der Waals surface area contributed by atoms with E-state index in [4.69, 9.17) is 17.3 Å². The normalized spacial score (nSPS) is 20.6. The quantitative estimate of drug-likeness (QED) is 0.526. The van der Waals surface area contributed by atoms with Crippen LogP contribution in [0.15, 0.2) is 37.1 Å². The number of rotatable bonds is 4. The van der Waals surface area contributed by atoms with Crippen molar-refractivity contribution in [2.45, 2.75) is 18.4 Å². The molecular formula is C20H18N10. The molecule has 2 N–H and O–H groups in total. The Kier molecular flexibility index (Phi) is 3.83. The first-order valence-corrected chi connectivity index (χ1v) is 9.45. The topological polar surface area (TPSA) is 120 Å². The summed E-state index contributed by atoms with van der Waals surface area (Å²) in [6.07, 6.45) is 10.2. The molecule has 0 aromatic carbocycles. The number of hydrogen-bond donors (Lipinski definition) is 1. The van der Waals surface area contributed by atoms with Crippen LogP contribution >= 0.6 is 0 Å². The van der Waals surface area contributed by atoms with Crippen LogP contribution < -0.4 is 5.73 Å². The van der Waals surface area contributed by atoms with Gasteiger partial charge in [-0.3, -0.25) is 9.36 Å². The van der Waals surface area contributed by atoms with Gasteiger partial charge < -0.3 is 10.6 Å². The van der Waals surface area contributed by atoms with Crippen LogP contribution in [-0.4, -0.2) is 40.7 Å². The first kappa shape index (κ1) is 17.9. The molecule has 1 aliphatic carbocycles. The maximum atomic E-state index is 9.20. The lowest BCUT2D eigenvalue weighted by atomic mass is 9.69. The van der Waals surface area contributed by atoms with Gasteiger partial charge in [-0.1, -0.05) is 0 Å². The molecule has 5 rings (SSSR count). The number of nitrogens with zero attached hydrogens (tertiary/aromatic N) is 9. The standard InChI is InChI=1S/C20H18N10/c1-23-12-20(5-13(6-20)7-21)30-10-15(19(22)27-30)18-17-3-4-24-29(17)11-16(26-18)14-8-25-28(2)9-14/h3-4,8-11,13H,5-6,12H2,2H3,(H2,22,27). The number of aryl methyl sites for hydroxylation is 1. The van der Waals surface area contributed by atoms with Crippen molar-refractivity contribution >= 4 is 11.3 Å². The summed E-state index contributed by atoms with van der Waals surface area (Å²) in [7, 11) is 1.85. The Morgan fingerprint density at radius 3 is 2.87 bits per heavy atom. The Bertz CT molecular complexity index is 1340. The minimum atomic E-state index is -0.494. The molecule has 10 nitrogen and oxygen atoms in total. The van der Waals surface area contributed by atoms with Crippen molar-refractivity contribution in [3.05, 3.63) is 48.5 Å². The maximum Gasteiger partial charge on any atom is 0.239 e. The highest BCUT2D eigenvalue weighted by atomic mass is 15.4. The van der Waals surface area contributed by atoms with E-state index in [-0.39, 0.29) is 12.5 Å². The van der Waals surface area contributed by atoms with Crippen molar-refractivity contribution in [1.82, 2.24) is 34.2 Å². The van der Waals surface area contributed by atoms with Crippen LogP contribution in [0, 0.1) is 23.8 Å². The van der Waals surface area contributed by atoms with Gasteiger partial charge in [-0.25, -0.2) is 16.1 Å². The van der Waals surface area contributed by atoms with Crippen LogP contribution in [0.25, 0.3) is 32.9 Å².